The average molecular weight is 436 g/mol. The second-order valence-electron chi connectivity index (χ2n) is 7.68. The van der Waals surface area contributed by atoms with Crippen LogP contribution in [0.4, 0.5) is 5.00 Å². The number of carbonyl (C=O) groups is 2. The van der Waals surface area contributed by atoms with E-state index in [0.717, 1.165) is 41.0 Å². The van der Waals surface area contributed by atoms with E-state index in [1.165, 1.54) is 30.1 Å². The molecule has 0 radical (unpaired) electrons. The van der Waals surface area contributed by atoms with Gasteiger partial charge in [0.2, 0.25) is 5.91 Å². The number of aryl methyl sites for hydroxylation is 1. The Hall–Kier alpha value is -3.19. The Labute approximate surface area is 185 Å². The van der Waals surface area contributed by atoms with Crippen molar-refractivity contribution in [2.24, 2.45) is 7.05 Å². The molecule has 0 fully saturated rings. The fourth-order valence-electron chi connectivity index (χ4n) is 4.00. The van der Waals surface area contributed by atoms with Gasteiger partial charge in [-0.15, -0.1) is 11.3 Å². The molecule has 2 heterocycles. The minimum Gasteiger partial charge on any atom is -0.465 e. The Morgan fingerprint density at radius 1 is 1.29 bits per heavy atom. The first-order chi connectivity index (χ1) is 15.0. The number of carbonyl (C=O) groups excluding carboxylic acids is 2. The predicted octanol–water partition coefficient (Wildman–Crippen LogP) is 4.50. The Bertz CT molecular complexity index is 1140. The van der Waals surface area contributed by atoms with Crippen molar-refractivity contribution in [3.8, 4) is 0 Å². The number of methoxy groups -OCH3 is 1. The summed E-state index contributed by atoms with van der Waals surface area (Å²) in [6.45, 7) is 1.94. The van der Waals surface area contributed by atoms with Crippen LogP contribution in [0, 0.1) is 6.92 Å². The Morgan fingerprint density at radius 3 is 2.74 bits per heavy atom. The average Bonchev–Trinajstić information content (AvgIpc) is 3.31. The Kier molecular flexibility index (Phi) is 6.04. The van der Waals surface area contributed by atoms with Crippen LogP contribution in [0.25, 0.3) is 6.08 Å². The lowest BCUT2D eigenvalue weighted by molar-refractivity contribution is -0.111. The van der Waals surface area contributed by atoms with E-state index in [4.69, 9.17) is 4.74 Å². The molecular weight excluding hydrogens is 410 g/mol. The third kappa shape index (κ3) is 4.32. The standard InChI is InChI=1S/C24H25N3O3S/c1-15-18(14-25-27(15)2)10-12-21(28)26-23-22(24(29)30-3)19-11-9-17(13-20(19)31-23)16-7-5-4-6-8-16/h4-8,10,12,14,17H,9,11,13H2,1-3H3,(H,26,28)/b12-10+. The highest BCUT2D eigenvalue weighted by atomic mass is 32.1. The number of ether oxygens (including phenoxy) is 1. The quantitative estimate of drug-likeness (QED) is 0.473. The van der Waals surface area contributed by atoms with Gasteiger partial charge in [-0.05, 0) is 49.3 Å². The van der Waals surface area contributed by atoms with Gasteiger partial charge in [-0.1, -0.05) is 30.3 Å². The highest BCUT2D eigenvalue weighted by Gasteiger charge is 2.30. The largest absolute Gasteiger partial charge is 0.465 e. The molecule has 1 amide bonds. The molecule has 1 N–H and O–H groups in total. The van der Waals surface area contributed by atoms with Crippen molar-refractivity contribution in [1.82, 2.24) is 9.78 Å². The van der Waals surface area contributed by atoms with Crippen LogP contribution >= 0.6 is 11.3 Å². The van der Waals surface area contributed by atoms with Crippen LogP contribution in [0.3, 0.4) is 0 Å². The summed E-state index contributed by atoms with van der Waals surface area (Å²) >= 11 is 1.48. The van der Waals surface area contributed by atoms with Crippen molar-refractivity contribution in [3.05, 3.63) is 75.4 Å². The summed E-state index contributed by atoms with van der Waals surface area (Å²) in [4.78, 5) is 26.3. The molecule has 0 aliphatic heterocycles. The third-order valence-corrected chi connectivity index (χ3v) is 7.02. The minimum atomic E-state index is -0.405. The molecule has 1 aromatic carbocycles. The van der Waals surface area contributed by atoms with Gasteiger partial charge in [0.25, 0.3) is 0 Å². The third-order valence-electron chi connectivity index (χ3n) is 5.85. The van der Waals surface area contributed by atoms with Crippen molar-refractivity contribution >= 4 is 34.3 Å². The predicted molar refractivity (Wildman–Crippen MR) is 122 cm³/mol. The van der Waals surface area contributed by atoms with E-state index in [0.29, 0.717) is 16.5 Å². The topological polar surface area (TPSA) is 73.2 Å². The van der Waals surface area contributed by atoms with E-state index in [1.54, 1.807) is 17.0 Å². The van der Waals surface area contributed by atoms with Crippen LogP contribution in [0.5, 0.6) is 0 Å². The number of amides is 1. The zero-order valence-corrected chi connectivity index (χ0v) is 18.7. The smallest absolute Gasteiger partial charge is 0.341 e. The SMILES string of the molecule is COC(=O)c1c(NC(=O)/C=C/c2cnn(C)c2C)sc2c1CCC(c1ccccc1)C2. The first-order valence-corrected chi connectivity index (χ1v) is 11.0. The van der Waals surface area contributed by atoms with E-state index in [2.05, 4.69) is 34.7 Å². The molecule has 160 valence electrons. The number of rotatable bonds is 5. The van der Waals surface area contributed by atoms with Gasteiger partial charge in [0.1, 0.15) is 5.00 Å². The molecular formula is C24H25N3O3S. The van der Waals surface area contributed by atoms with Gasteiger partial charge in [-0.25, -0.2) is 4.79 Å². The van der Waals surface area contributed by atoms with Crippen LogP contribution in [-0.2, 0) is 29.4 Å². The number of aromatic nitrogens is 2. The van der Waals surface area contributed by atoms with Crippen LogP contribution in [0.2, 0.25) is 0 Å². The summed E-state index contributed by atoms with van der Waals surface area (Å²) in [5.74, 6) is -0.278. The zero-order valence-electron chi connectivity index (χ0n) is 17.8. The molecule has 6 nitrogen and oxygen atoms in total. The van der Waals surface area contributed by atoms with Gasteiger partial charge in [0.05, 0.1) is 18.9 Å². The first kappa shape index (κ1) is 21.1. The monoisotopic (exact) mass is 435 g/mol. The van der Waals surface area contributed by atoms with Gasteiger partial charge in [0.15, 0.2) is 0 Å². The molecule has 1 aliphatic carbocycles. The molecule has 1 unspecified atom stereocenters. The van der Waals surface area contributed by atoms with Gasteiger partial charge in [-0.2, -0.15) is 5.10 Å². The first-order valence-electron chi connectivity index (χ1n) is 10.2. The van der Waals surface area contributed by atoms with Gasteiger partial charge in [-0.3, -0.25) is 9.48 Å². The molecule has 1 aliphatic rings. The van der Waals surface area contributed by atoms with Crippen LogP contribution in [0.15, 0.2) is 42.6 Å². The van der Waals surface area contributed by atoms with Crippen LogP contribution < -0.4 is 5.32 Å². The van der Waals surface area contributed by atoms with Crippen molar-refractivity contribution < 1.29 is 14.3 Å². The van der Waals surface area contributed by atoms with Crippen molar-refractivity contribution in [2.45, 2.75) is 32.1 Å². The summed E-state index contributed by atoms with van der Waals surface area (Å²) in [5, 5.41) is 7.63. The Balaban J connectivity index is 1.58. The molecule has 0 saturated heterocycles. The highest BCUT2D eigenvalue weighted by Crippen LogP contribution is 2.42. The zero-order chi connectivity index (χ0) is 22.0. The fraction of sp³-hybridized carbons (Fsp3) is 0.292. The number of thiophene rings is 1. The summed E-state index contributed by atoms with van der Waals surface area (Å²) < 4.78 is 6.78. The molecule has 4 rings (SSSR count). The molecule has 31 heavy (non-hydrogen) atoms. The highest BCUT2D eigenvalue weighted by molar-refractivity contribution is 7.17. The Morgan fingerprint density at radius 2 is 2.06 bits per heavy atom. The van der Waals surface area contributed by atoms with Crippen LogP contribution in [-0.4, -0.2) is 28.8 Å². The maximum atomic E-state index is 12.6. The van der Waals surface area contributed by atoms with E-state index in [1.807, 2.05) is 20.0 Å². The van der Waals surface area contributed by atoms with E-state index >= 15 is 0 Å². The summed E-state index contributed by atoms with van der Waals surface area (Å²) in [6, 6.07) is 10.4. The maximum absolute atomic E-state index is 12.6. The van der Waals surface area contributed by atoms with E-state index in [-0.39, 0.29) is 5.91 Å². The number of benzene rings is 1. The van der Waals surface area contributed by atoms with Crippen molar-refractivity contribution in [2.75, 3.05) is 12.4 Å². The molecule has 0 saturated carbocycles. The number of anilines is 1. The second kappa shape index (κ2) is 8.89. The lowest BCUT2D eigenvalue weighted by atomic mass is 9.83. The molecule has 7 heteroatoms. The van der Waals surface area contributed by atoms with Crippen LogP contribution in [0.1, 0.15) is 50.0 Å². The lowest BCUT2D eigenvalue weighted by Gasteiger charge is -2.22. The number of nitrogens with zero attached hydrogens (tertiary/aromatic N) is 2. The van der Waals surface area contributed by atoms with Gasteiger partial charge < -0.3 is 10.1 Å². The summed E-state index contributed by atoms with van der Waals surface area (Å²) in [5.41, 5.74) is 4.65. The summed E-state index contributed by atoms with van der Waals surface area (Å²) in [6.07, 6.45) is 7.52. The minimum absolute atomic E-state index is 0.286. The number of hydrogen-bond donors (Lipinski definition) is 1. The van der Waals surface area contributed by atoms with Crippen molar-refractivity contribution in [1.29, 1.82) is 0 Å². The van der Waals surface area contributed by atoms with Crippen molar-refractivity contribution in [3.63, 3.8) is 0 Å². The normalized spacial score (nSPS) is 15.6. The number of fused-ring (bicyclic) bond motifs is 1. The number of nitrogens with one attached hydrogen (secondary N) is 1. The maximum Gasteiger partial charge on any atom is 0.341 e. The molecule has 0 spiro atoms. The second-order valence-corrected chi connectivity index (χ2v) is 8.79. The molecule has 1 atom stereocenters. The molecule has 2 aromatic heterocycles. The number of hydrogen-bond acceptors (Lipinski definition) is 5. The molecule has 3 aromatic rings. The summed E-state index contributed by atoms with van der Waals surface area (Å²) in [7, 11) is 3.23. The van der Waals surface area contributed by atoms with Gasteiger partial charge >= 0.3 is 5.97 Å². The number of esters is 1. The molecule has 0 bridgehead atoms. The lowest BCUT2D eigenvalue weighted by Crippen LogP contribution is -2.15. The fourth-order valence-corrected chi connectivity index (χ4v) is 5.32. The van der Waals surface area contributed by atoms with Gasteiger partial charge in [0, 0.05) is 29.3 Å². The van der Waals surface area contributed by atoms with E-state index in [9.17, 15) is 9.59 Å². The van der Waals surface area contributed by atoms with E-state index < -0.39 is 5.97 Å².